The molecule has 2 aliphatic rings. The summed E-state index contributed by atoms with van der Waals surface area (Å²) >= 11 is -0.233. The molecule has 2 atom stereocenters. The van der Waals surface area contributed by atoms with E-state index in [9.17, 15) is 9.18 Å². The molecule has 0 spiro atoms. The average molecular weight is 543 g/mol. The number of carbonyl (C=O) groups is 1. The number of methoxy groups -OCH3 is 1. The van der Waals surface area contributed by atoms with Crippen LogP contribution in [0.25, 0.3) is 11.0 Å². The van der Waals surface area contributed by atoms with E-state index in [1.165, 1.54) is 13.3 Å². The number of benzene rings is 1. The Balaban J connectivity index is 1.17. The van der Waals surface area contributed by atoms with Gasteiger partial charge in [0.1, 0.15) is 0 Å². The van der Waals surface area contributed by atoms with Gasteiger partial charge in [0.2, 0.25) is 0 Å². The van der Waals surface area contributed by atoms with Crippen LogP contribution in [0.2, 0.25) is 5.21 Å². The molecule has 1 radical (unpaired) electrons. The van der Waals surface area contributed by atoms with Crippen LogP contribution in [0.4, 0.5) is 14.9 Å². The molecule has 2 aromatic heterocycles. The molecule has 5 rings (SSSR count). The Morgan fingerprint density at radius 2 is 2.09 bits per heavy atom. The van der Waals surface area contributed by atoms with Gasteiger partial charge < -0.3 is 0 Å². The number of hydrogen-bond acceptors (Lipinski definition) is 8. The standard InChI is InChI=1S/C24H25AsFN4O5/c1-32-22-5-3-18-23(29-22)15(16(26)12-28-18)11-25-7-6-17(27)21-13-30(24(31)35-21)14-2-4-19-20(10-14)34-9-8-33-19/h2-5,10,12,17,21H,6-9,11,13,27H2,1H3. The van der Waals surface area contributed by atoms with Crippen LogP contribution >= 0.6 is 0 Å². The Morgan fingerprint density at radius 3 is 2.91 bits per heavy atom. The first-order valence-corrected chi connectivity index (χ1v) is 13.9. The van der Waals surface area contributed by atoms with Crippen molar-refractivity contribution in [1.29, 1.82) is 0 Å². The van der Waals surface area contributed by atoms with Crippen LogP contribution in [-0.2, 0) is 9.95 Å². The Bertz CT molecular complexity index is 1250. The Hall–Kier alpha value is -3.10. The van der Waals surface area contributed by atoms with E-state index in [1.807, 2.05) is 6.07 Å². The fourth-order valence-electron chi connectivity index (χ4n) is 4.08. The maximum atomic E-state index is 14.5. The van der Waals surface area contributed by atoms with Gasteiger partial charge in [-0.1, -0.05) is 0 Å². The summed E-state index contributed by atoms with van der Waals surface area (Å²) in [6.07, 6.45) is 1.07. The number of carbonyl (C=O) groups excluding carboxylic acids is 1. The SMILES string of the molecule is COc1ccc2ncc(F)c(C[As]CCC(N)C3CN(c4ccc5c(c4)OCCO5)C(=O)O3)c2n1. The number of nitrogens with two attached hydrogens (primary N) is 1. The van der Waals surface area contributed by atoms with Crippen molar-refractivity contribution in [3.05, 3.63) is 47.9 Å². The van der Waals surface area contributed by atoms with Gasteiger partial charge in [-0.25, -0.2) is 0 Å². The number of ether oxygens (including phenoxy) is 4. The van der Waals surface area contributed by atoms with E-state index in [4.69, 9.17) is 24.7 Å². The monoisotopic (exact) mass is 543 g/mol. The third-order valence-electron chi connectivity index (χ3n) is 5.99. The molecule has 0 bridgehead atoms. The Labute approximate surface area is 208 Å². The topological polar surface area (TPSA) is 109 Å². The number of halogens is 1. The number of cyclic esters (lactones) is 1. The van der Waals surface area contributed by atoms with Gasteiger partial charge in [0.25, 0.3) is 0 Å². The van der Waals surface area contributed by atoms with E-state index in [0.29, 0.717) is 71.1 Å². The van der Waals surface area contributed by atoms with Gasteiger partial charge in [-0.15, -0.1) is 0 Å². The van der Waals surface area contributed by atoms with Gasteiger partial charge in [0, 0.05) is 0 Å². The molecule has 2 unspecified atom stereocenters. The van der Waals surface area contributed by atoms with Crippen molar-refractivity contribution in [3.63, 3.8) is 0 Å². The van der Waals surface area contributed by atoms with Crippen LogP contribution in [0, 0.1) is 5.82 Å². The Morgan fingerprint density at radius 1 is 1.26 bits per heavy atom. The molecule has 1 aromatic carbocycles. The number of aromatic nitrogens is 2. The minimum absolute atomic E-state index is 0.233. The molecule has 2 aliphatic heterocycles. The van der Waals surface area contributed by atoms with Gasteiger partial charge in [0.15, 0.2) is 0 Å². The van der Waals surface area contributed by atoms with E-state index in [-0.39, 0.29) is 27.6 Å². The summed E-state index contributed by atoms with van der Waals surface area (Å²) in [7, 11) is 1.53. The molecule has 35 heavy (non-hydrogen) atoms. The van der Waals surface area contributed by atoms with Crippen molar-refractivity contribution in [3.8, 4) is 17.4 Å². The third kappa shape index (κ3) is 4.99. The molecule has 2 N–H and O–H groups in total. The van der Waals surface area contributed by atoms with E-state index in [1.54, 1.807) is 29.2 Å². The number of rotatable bonds is 8. The summed E-state index contributed by atoms with van der Waals surface area (Å²) in [6.45, 7) is 1.34. The van der Waals surface area contributed by atoms with Crippen LogP contribution < -0.4 is 24.8 Å². The molecule has 1 amide bonds. The van der Waals surface area contributed by atoms with Crippen LogP contribution in [-0.4, -0.2) is 70.8 Å². The van der Waals surface area contributed by atoms with Crippen molar-refractivity contribution >= 4 is 38.6 Å². The van der Waals surface area contributed by atoms with E-state index >= 15 is 0 Å². The predicted molar refractivity (Wildman–Crippen MR) is 128 cm³/mol. The fourth-order valence-corrected chi connectivity index (χ4v) is 6.52. The first-order valence-electron chi connectivity index (χ1n) is 11.3. The van der Waals surface area contributed by atoms with Gasteiger partial charge >= 0.3 is 208 Å². The second-order valence-corrected chi connectivity index (χ2v) is 10.8. The van der Waals surface area contributed by atoms with Crippen LogP contribution in [0.1, 0.15) is 12.0 Å². The van der Waals surface area contributed by atoms with Gasteiger partial charge in [-0.3, -0.25) is 0 Å². The number of amides is 1. The van der Waals surface area contributed by atoms with Crippen molar-refractivity contribution in [2.75, 3.05) is 31.8 Å². The van der Waals surface area contributed by atoms with Crippen LogP contribution in [0.3, 0.4) is 0 Å². The number of nitrogens with zero attached hydrogens (tertiary/aromatic N) is 3. The first kappa shape index (κ1) is 23.6. The summed E-state index contributed by atoms with van der Waals surface area (Å²) in [6, 6.07) is 8.56. The minimum atomic E-state index is -0.430. The van der Waals surface area contributed by atoms with Crippen molar-refractivity contribution in [2.45, 2.75) is 29.0 Å². The zero-order valence-electron chi connectivity index (χ0n) is 19.1. The van der Waals surface area contributed by atoms with Crippen molar-refractivity contribution in [1.82, 2.24) is 9.97 Å². The summed E-state index contributed by atoms with van der Waals surface area (Å²) in [5.41, 5.74) is 8.79. The molecule has 1 fully saturated rings. The van der Waals surface area contributed by atoms with Gasteiger partial charge in [-0.05, 0) is 0 Å². The molecule has 11 heteroatoms. The predicted octanol–water partition coefficient (Wildman–Crippen LogP) is 2.91. The van der Waals surface area contributed by atoms with Crippen LogP contribution in [0.15, 0.2) is 36.5 Å². The number of hydrogen-bond donors (Lipinski definition) is 1. The van der Waals surface area contributed by atoms with E-state index < -0.39 is 12.2 Å². The summed E-state index contributed by atoms with van der Waals surface area (Å²) in [4.78, 5) is 22.6. The first-order chi connectivity index (χ1) is 17.0. The molecule has 0 aliphatic carbocycles. The molecule has 4 heterocycles. The van der Waals surface area contributed by atoms with Gasteiger partial charge in [0.05, 0.1) is 0 Å². The van der Waals surface area contributed by atoms with E-state index in [0.717, 1.165) is 5.21 Å². The fraction of sp³-hybridized carbons (Fsp3) is 0.375. The number of fused-ring (bicyclic) bond motifs is 2. The summed E-state index contributed by atoms with van der Waals surface area (Å²) in [5.74, 6) is 1.34. The number of pyridine rings is 2. The Kier molecular flexibility index (Phi) is 6.92. The normalized spacial score (nSPS) is 18.3. The molecule has 0 saturated carbocycles. The molecule has 9 nitrogen and oxygen atoms in total. The van der Waals surface area contributed by atoms with E-state index in [2.05, 4.69) is 9.97 Å². The second-order valence-electron chi connectivity index (χ2n) is 8.22. The van der Waals surface area contributed by atoms with Crippen molar-refractivity contribution < 1.29 is 28.1 Å². The summed E-state index contributed by atoms with van der Waals surface area (Å²) in [5, 5.41) is 1.42. The maximum absolute atomic E-state index is 14.5. The molecule has 3 aromatic rings. The third-order valence-corrected chi connectivity index (χ3v) is 8.33. The van der Waals surface area contributed by atoms with Gasteiger partial charge in [-0.2, -0.15) is 0 Å². The molecular formula is C24H25AsFN4O5. The average Bonchev–Trinajstić information content (AvgIpc) is 3.28. The molecule has 183 valence electrons. The molecular weight excluding hydrogens is 518 g/mol. The molecule has 1 saturated heterocycles. The quantitative estimate of drug-likeness (QED) is 0.342. The van der Waals surface area contributed by atoms with Crippen molar-refractivity contribution in [2.24, 2.45) is 5.73 Å². The summed E-state index contributed by atoms with van der Waals surface area (Å²) < 4.78 is 36.4. The zero-order valence-corrected chi connectivity index (χ0v) is 21.0. The second kappa shape index (κ2) is 10.3. The zero-order chi connectivity index (χ0) is 24.4. The van der Waals surface area contributed by atoms with Crippen LogP contribution in [0.5, 0.6) is 17.4 Å². The number of anilines is 1.